The molecule has 2 fully saturated rings. The predicted molar refractivity (Wildman–Crippen MR) is 96.5 cm³/mol. The van der Waals surface area contributed by atoms with Gasteiger partial charge in [0, 0.05) is 37.7 Å². The van der Waals surface area contributed by atoms with Crippen molar-refractivity contribution in [2.75, 3.05) is 19.6 Å². The Bertz CT molecular complexity index is 777. The fourth-order valence-electron chi connectivity index (χ4n) is 4.18. The molecule has 6 nitrogen and oxygen atoms in total. The summed E-state index contributed by atoms with van der Waals surface area (Å²) < 4.78 is 26.9. The molecule has 2 aliphatic rings. The highest BCUT2D eigenvalue weighted by atomic mass is 19.1. The summed E-state index contributed by atoms with van der Waals surface area (Å²) in [4.78, 5) is 39.9. The van der Waals surface area contributed by atoms with Crippen LogP contribution in [0.4, 0.5) is 8.78 Å². The van der Waals surface area contributed by atoms with Crippen molar-refractivity contribution < 1.29 is 28.3 Å². The van der Waals surface area contributed by atoms with Gasteiger partial charge >= 0.3 is 5.97 Å². The number of benzene rings is 1. The first kappa shape index (κ1) is 20.2. The van der Waals surface area contributed by atoms with E-state index in [1.165, 1.54) is 4.90 Å². The van der Waals surface area contributed by atoms with E-state index >= 15 is 0 Å². The van der Waals surface area contributed by atoms with Crippen molar-refractivity contribution in [3.63, 3.8) is 0 Å². The van der Waals surface area contributed by atoms with E-state index in [1.54, 1.807) is 11.8 Å². The van der Waals surface area contributed by atoms with E-state index in [0.29, 0.717) is 51.4 Å². The summed E-state index contributed by atoms with van der Waals surface area (Å²) in [6.07, 6.45) is 2.10. The number of nitrogens with zero attached hydrogens (tertiary/aromatic N) is 2. The Kier molecular flexibility index (Phi) is 5.96. The van der Waals surface area contributed by atoms with Crippen LogP contribution in [-0.4, -0.2) is 58.4 Å². The van der Waals surface area contributed by atoms with Gasteiger partial charge in [-0.1, -0.05) is 0 Å². The minimum absolute atomic E-state index is 0.0708. The molecule has 0 aromatic heterocycles. The molecule has 1 N–H and O–H groups in total. The number of hydrogen-bond donors (Lipinski definition) is 1. The van der Waals surface area contributed by atoms with Crippen LogP contribution in [0.2, 0.25) is 0 Å². The van der Waals surface area contributed by atoms with E-state index < -0.39 is 29.4 Å². The van der Waals surface area contributed by atoms with Crippen LogP contribution >= 0.6 is 0 Å². The molecule has 2 amide bonds. The van der Waals surface area contributed by atoms with E-state index in [9.17, 15) is 28.3 Å². The summed E-state index contributed by atoms with van der Waals surface area (Å²) in [5.74, 6) is -3.94. The standard InChI is InChI=1S/C20H24F2N2O4/c1-12-15(20(27)28)3-2-8-24(12)18(25)13-6-9-23(10-7-13)19(26)16-5-4-14(21)11-17(16)22/h4-5,11-13,15H,2-3,6-10H2,1H3,(H,27,28)/t12-,15-/m1/s1. The maximum atomic E-state index is 13.9. The second-order valence-electron chi connectivity index (χ2n) is 7.55. The van der Waals surface area contributed by atoms with Crippen LogP contribution in [0.25, 0.3) is 0 Å². The van der Waals surface area contributed by atoms with Gasteiger partial charge in [0.05, 0.1) is 11.5 Å². The van der Waals surface area contributed by atoms with Crippen LogP contribution in [0.5, 0.6) is 0 Å². The third kappa shape index (κ3) is 4.00. The van der Waals surface area contributed by atoms with Gasteiger partial charge in [-0.3, -0.25) is 14.4 Å². The van der Waals surface area contributed by atoms with Crippen molar-refractivity contribution in [2.24, 2.45) is 11.8 Å². The molecule has 1 aromatic rings. The topological polar surface area (TPSA) is 77.9 Å². The summed E-state index contributed by atoms with van der Waals surface area (Å²) in [5.41, 5.74) is -0.180. The summed E-state index contributed by atoms with van der Waals surface area (Å²) in [5, 5.41) is 9.33. The number of carbonyl (C=O) groups excluding carboxylic acids is 2. The Hall–Kier alpha value is -2.51. The van der Waals surface area contributed by atoms with Crippen molar-refractivity contribution in [1.82, 2.24) is 9.80 Å². The lowest BCUT2D eigenvalue weighted by molar-refractivity contribution is -0.151. The van der Waals surface area contributed by atoms with Crippen LogP contribution in [0, 0.1) is 23.5 Å². The molecule has 3 rings (SSSR count). The number of carbonyl (C=O) groups is 3. The maximum absolute atomic E-state index is 13.9. The van der Waals surface area contributed by atoms with Gasteiger partial charge in [0.2, 0.25) is 5.91 Å². The summed E-state index contributed by atoms with van der Waals surface area (Å²) >= 11 is 0. The molecule has 1 aromatic carbocycles. The summed E-state index contributed by atoms with van der Waals surface area (Å²) in [6, 6.07) is 2.50. The number of carboxylic acid groups (broad SMARTS) is 1. The van der Waals surface area contributed by atoms with Crippen molar-refractivity contribution >= 4 is 17.8 Å². The van der Waals surface area contributed by atoms with E-state index in [1.807, 2.05) is 0 Å². The zero-order chi connectivity index (χ0) is 20.4. The average Bonchev–Trinajstić information content (AvgIpc) is 2.67. The highest BCUT2D eigenvalue weighted by molar-refractivity contribution is 5.94. The minimum Gasteiger partial charge on any atom is -0.481 e. The Morgan fingerprint density at radius 3 is 2.36 bits per heavy atom. The number of likely N-dealkylation sites (tertiary alicyclic amines) is 2. The number of carboxylic acids is 1. The zero-order valence-corrected chi connectivity index (χ0v) is 15.7. The molecule has 28 heavy (non-hydrogen) atoms. The van der Waals surface area contributed by atoms with Gasteiger partial charge < -0.3 is 14.9 Å². The normalized spacial score (nSPS) is 23.5. The highest BCUT2D eigenvalue weighted by Gasteiger charge is 2.38. The van der Waals surface area contributed by atoms with Crippen molar-refractivity contribution in [2.45, 2.75) is 38.6 Å². The first-order valence-corrected chi connectivity index (χ1v) is 9.57. The molecule has 0 bridgehead atoms. The Morgan fingerprint density at radius 2 is 1.75 bits per heavy atom. The lowest BCUT2D eigenvalue weighted by atomic mass is 9.87. The number of hydrogen-bond acceptors (Lipinski definition) is 3. The highest BCUT2D eigenvalue weighted by Crippen LogP contribution is 2.28. The zero-order valence-electron chi connectivity index (χ0n) is 15.7. The molecule has 8 heteroatoms. The lowest BCUT2D eigenvalue weighted by Crippen LogP contribution is -2.52. The number of aliphatic carboxylic acids is 1. The van der Waals surface area contributed by atoms with Gasteiger partial charge in [0.15, 0.2) is 0 Å². The molecular formula is C20H24F2N2O4. The van der Waals surface area contributed by atoms with E-state index in [-0.39, 0.29) is 23.4 Å². The van der Waals surface area contributed by atoms with Crippen LogP contribution in [0.15, 0.2) is 18.2 Å². The second kappa shape index (κ2) is 8.24. The van der Waals surface area contributed by atoms with Gasteiger partial charge in [-0.15, -0.1) is 0 Å². The van der Waals surface area contributed by atoms with Crippen molar-refractivity contribution in [3.05, 3.63) is 35.4 Å². The van der Waals surface area contributed by atoms with E-state index in [2.05, 4.69) is 0 Å². The molecule has 2 saturated heterocycles. The number of piperidine rings is 2. The largest absolute Gasteiger partial charge is 0.481 e. The Morgan fingerprint density at radius 1 is 1.07 bits per heavy atom. The smallest absolute Gasteiger partial charge is 0.308 e. The predicted octanol–water partition coefficient (Wildman–Crippen LogP) is 2.53. The van der Waals surface area contributed by atoms with E-state index in [4.69, 9.17) is 0 Å². The fraction of sp³-hybridized carbons (Fsp3) is 0.550. The summed E-state index contributed by atoms with van der Waals surface area (Å²) in [7, 11) is 0. The number of rotatable bonds is 3. The molecule has 0 unspecified atom stereocenters. The van der Waals surface area contributed by atoms with Crippen LogP contribution in [0.1, 0.15) is 43.0 Å². The van der Waals surface area contributed by atoms with Crippen LogP contribution < -0.4 is 0 Å². The molecule has 0 spiro atoms. The van der Waals surface area contributed by atoms with Crippen molar-refractivity contribution in [3.8, 4) is 0 Å². The first-order chi connectivity index (χ1) is 13.3. The molecule has 2 heterocycles. The summed E-state index contributed by atoms with van der Waals surface area (Å²) in [6.45, 7) is 2.92. The van der Waals surface area contributed by atoms with Crippen LogP contribution in [0.3, 0.4) is 0 Å². The molecule has 0 radical (unpaired) electrons. The molecule has 0 saturated carbocycles. The number of halogens is 2. The Balaban J connectivity index is 1.61. The van der Waals surface area contributed by atoms with Gasteiger partial charge in [0.25, 0.3) is 5.91 Å². The molecular weight excluding hydrogens is 370 g/mol. The van der Waals surface area contributed by atoms with Gasteiger partial charge in [0.1, 0.15) is 11.6 Å². The molecule has 0 aliphatic carbocycles. The monoisotopic (exact) mass is 394 g/mol. The molecule has 2 atom stereocenters. The lowest BCUT2D eigenvalue weighted by Gasteiger charge is -2.41. The van der Waals surface area contributed by atoms with Gasteiger partial charge in [-0.25, -0.2) is 8.78 Å². The molecule has 152 valence electrons. The number of amides is 2. The third-order valence-corrected chi connectivity index (χ3v) is 5.88. The maximum Gasteiger partial charge on any atom is 0.308 e. The Labute approximate surface area is 162 Å². The fourth-order valence-corrected chi connectivity index (χ4v) is 4.18. The second-order valence-corrected chi connectivity index (χ2v) is 7.55. The SMILES string of the molecule is C[C@@H]1[C@H](C(=O)O)CCCN1C(=O)C1CCN(C(=O)c2ccc(F)cc2F)CC1. The average molecular weight is 394 g/mol. The van der Waals surface area contributed by atoms with Crippen LogP contribution in [-0.2, 0) is 9.59 Å². The minimum atomic E-state index is -0.898. The van der Waals surface area contributed by atoms with E-state index in [0.717, 1.165) is 12.1 Å². The van der Waals surface area contributed by atoms with Gasteiger partial charge in [-0.05, 0) is 44.7 Å². The van der Waals surface area contributed by atoms with Crippen molar-refractivity contribution in [1.29, 1.82) is 0 Å². The quantitative estimate of drug-likeness (QED) is 0.855. The first-order valence-electron chi connectivity index (χ1n) is 9.57. The third-order valence-electron chi connectivity index (χ3n) is 5.88. The van der Waals surface area contributed by atoms with Gasteiger partial charge in [-0.2, -0.15) is 0 Å². The molecule has 2 aliphatic heterocycles.